The van der Waals surface area contributed by atoms with E-state index in [0.717, 1.165) is 9.80 Å². The molecule has 1 amide bonds. The summed E-state index contributed by atoms with van der Waals surface area (Å²) in [6, 6.07) is 9.56. The molecule has 1 fully saturated rings. The first-order valence-electron chi connectivity index (χ1n) is 7.58. The molecule has 0 bridgehead atoms. The van der Waals surface area contributed by atoms with E-state index < -0.39 is 34.2 Å². The molecule has 1 unspecified atom stereocenters. The number of hydrogen-bond acceptors (Lipinski definition) is 5. The predicted octanol–water partition coefficient (Wildman–Crippen LogP) is 3.48. The van der Waals surface area contributed by atoms with Crippen LogP contribution in [0.2, 0.25) is 0 Å². The Kier molecular flexibility index (Phi) is 4.90. The van der Waals surface area contributed by atoms with E-state index in [-0.39, 0.29) is 12.5 Å². The molecule has 0 aliphatic carbocycles. The molecule has 0 saturated carbocycles. The zero-order valence-corrected chi connectivity index (χ0v) is 14.0. The molecule has 26 heavy (non-hydrogen) atoms. The number of alkyl halides is 3. The lowest BCUT2D eigenvalue weighted by Crippen LogP contribution is -2.53. The first-order chi connectivity index (χ1) is 12.3. The lowest BCUT2D eigenvalue weighted by atomic mass is 9.96. The van der Waals surface area contributed by atoms with Crippen molar-refractivity contribution in [3.8, 4) is 0 Å². The number of anilines is 1. The van der Waals surface area contributed by atoms with Crippen molar-refractivity contribution in [2.75, 3.05) is 17.2 Å². The summed E-state index contributed by atoms with van der Waals surface area (Å²) in [7, 11) is 0. The average Bonchev–Trinajstić information content (AvgIpc) is 3.03. The van der Waals surface area contributed by atoms with Crippen molar-refractivity contribution in [1.29, 1.82) is 0 Å². The Bertz CT molecular complexity index is 825. The minimum Gasteiger partial charge on any atom is -0.288 e. The zero-order valence-electron chi connectivity index (χ0n) is 13.2. The Balaban J connectivity index is 1.64. The van der Waals surface area contributed by atoms with Gasteiger partial charge in [-0.15, -0.1) is 16.9 Å². The number of aromatic nitrogens is 2. The SMILES string of the molecule is O=C1C(CCSc2ccccc2)CN1c1n[nH]c(C(F)(F)F)c1[N+](=O)[O-]. The van der Waals surface area contributed by atoms with Crippen LogP contribution in [0, 0.1) is 16.0 Å². The summed E-state index contributed by atoms with van der Waals surface area (Å²) in [6.45, 7) is 0.108. The van der Waals surface area contributed by atoms with Crippen LogP contribution in [0.1, 0.15) is 12.1 Å². The second kappa shape index (κ2) is 6.98. The molecule has 2 aromatic rings. The zero-order chi connectivity index (χ0) is 18.9. The van der Waals surface area contributed by atoms with E-state index in [1.165, 1.54) is 0 Å². The van der Waals surface area contributed by atoms with E-state index in [9.17, 15) is 28.1 Å². The smallest absolute Gasteiger partial charge is 0.288 e. The van der Waals surface area contributed by atoms with Gasteiger partial charge in [0.25, 0.3) is 0 Å². The van der Waals surface area contributed by atoms with Crippen LogP contribution in [-0.4, -0.2) is 33.3 Å². The van der Waals surface area contributed by atoms with Crippen LogP contribution in [-0.2, 0) is 11.0 Å². The van der Waals surface area contributed by atoms with Crippen molar-refractivity contribution < 1.29 is 22.9 Å². The van der Waals surface area contributed by atoms with Gasteiger partial charge >= 0.3 is 11.9 Å². The average molecular weight is 386 g/mol. The van der Waals surface area contributed by atoms with Gasteiger partial charge in [0, 0.05) is 11.4 Å². The number of β-lactam (4-membered cyclic amide) rings is 1. The molecule has 138 valence electrons. The number of thioether (sulfide) groups is 1. The molecule has 0 radical (unpaired) electrons. The number of nitro groups is 1. The normalized spacial score (nSPS) is 17.3. The highest BCUT2D eigenvalue weighted by molar-refractivity contribution is 7.99. The van der Waals surface area contributed by atoms with Gasteiger partial charge in [0.15, 0.2) is 0 Å². The number of amides is 1. The van der Waals surface area contributed by atoms with E-state index in [4.69, 9.17) is 0 Å². The lowest BCUT2D eigenvalue weighted by molar-refractivity contribution is -0.387. The highest BCUT2D eigenvalue weighted by atomic mass is 32.2. The van der Waals surface area contributed by atoms with Gasteiger partial charge in [-0.1, -0.05) is 18.2 Å². The van der Waals surface area contributed by atoms with E-state index in [0.29, 0.717) is 12.2 Å². The summed E-state index contributed by atoms with van der Waals surface area (Å²) in [5.74, 6) is -0.761. The van der Waals surface area contributed by atoms with E-state index in [2.05, 4.69) is 5.10 Å². The number of nitrogens with zero attached hydrogens (tertiary/aromatic N) is 3. The van der Waals surface area contributed by atoms with Gasteiger partial charge < -0.3 is 0 Å². The summed E-state index contributed by atoms with van der Waals surface area (Å²) in [5, 5.41) is 16.0. The molecular formula is C15H13F3N4O3S. The highest BCUT2D eigenvalue weighted by Crippen LogP contribution is 2.42. The maximum atomic E-state index is 12.8. The van der Waals surface area contributed by atoms with Gasteiger partial charge in [-0.25, -0.2) is 0 Å². The Morgan fingerprint density at radius 2 is 2.04 bits per heavy atom. The molecule has 1 atom stereocenters. The second-order valence-electron chi connectivity index (χ2n) is 5.62. The molecule has 3 rings (SSSR count). The third kappa shape index (κ3) is 3.52. The fraction of sp³-hybridized carbons (Fsp3) is 0.333. The number of carbonyl (C=O) groups excluding carboxylic acids is 1. The molecule has 1 saturated heterocycles. The number of rotatable bonds is 6. The number of hydrogen-bond donors (Lipinski definition) is 1. The molecule has 2 heterocycles. The summed E-state index contributed by atoms with van der Waals surface area (Å²) >= 11 is 1.56. The fourth-order valence-corrected chi connectivity index (χ4v) is 3.61. The van der Waals surface area contributed by atoms with Gasteiger partial charge in [-0.3, -0.25) is 24.9 Å². The van der Waals surface area contributed by atoms with Crippen molar-refractivity contribution in [3.05, 3.63) is 46.1 Å². The minimum absolute atomic E-state index is 0.108. The number of H-pyrrole nitrogens is 1. The van der Waals surface area contributed by atoms with E-state index >= 15 is 0 Å². The molecule has 1 aromatic heterocycles. The first kappa shape index (κ1) is 18.2. The molecule has 11 heteroatoms. The molecule has 7 nitrogen and oxygen atoms in total. The van der Waals surface area contributed by atoms with Gasteiger partial charge in [-0.05, 0) is 24.3 Å². The summed E-state index contributed by atoms with van der Waals surface area (Å²) in [4.78, 5) is 24.0. The van der Waals surface area contributed by atoms with Crippen molar-refractivity contribution in [2.45, 2.75) is 17.5 Å². The Morgan fingerprint density at radius 1 is 1.35 bits per heavy atom. The van der Waals surface area contributed by atoms with Crippen LogP contribution >= 0.6 is 11.8 Å². The maximum absolute atomic E-state index is 12.8. The monoisotopic (exact) mass is 386 g/mol. The fourth-order valence-electron chi connectivity index (χ4n) is 2.62. The second-order valence-corrected chi connectivity index (χ2v) is 6.79. The third-order valence-electron chi connectivity index (χ3n) is 3.94. The van der Waals surface area contributed by atoms with Crippen molar-refractivity contribution in [2.24, 2.45) is 5.92 Å². The topological polar surface area (TPSA) is 92.1 Å². The molecule has 1 N–H and O–H groups in total. The van der Waals surface area contributed by atoms with E-state index in [1.807, 2.05) is 30.3 Å². The number of halogens is 3. The van der Waals surface area contributed by atoms with Gasteiger partial charge in [0.05, 0.1) is 10.8 Å². The number of carbonyl (C=O) groups is 1. The van der Waals surface area contributed by atoms with Crippen LogP contribution in [0.4, 0.5) is 24.7 Å². The largest absolute Gasteiger partial charge is 0.439 e. The van der Waals surface area contributed by atoms with Gasteiger partial charge in [-0.2, -0.15) is 13.2 Å². The summed E-state index contributed by atoms with van der Waals surface area (Å²) in [6.07, 6.45) is -4.42. The van der Waals surface area contributed by atoms with Crippen LogP contribution in [0.5, 0.6) is 0 Å². The predicted molar refractivity (Wildman–Crippen MR) is 87.9 cm³/mol. The van der Waals surface area contributed by atoms with Crippen LogP contribution < -0.4 is 4.90 Å². The van der Waals surface area contributed by atoms with E-state index in [1.54, 1.807) is 16.9 Å². The summed E-state index contributed by atoms with van der Waals surface area (Å²) < 4.78 is 38.5. The summed E-state index contributed by atoms with van der Waals surface area (Å²) in [5.41, 5.74) is -2.78. The Hall–Kier alpha value is -2.56. The Morgan fingerprint density at radius 3 is 2.62 bits per heavy atom. The molecule has 0 spiro atoms. The molecule has 1 aliphatic rings. The highest BCUT2D eigenvalue weighted by Gasteiger charge is 2.48. The number of aromatic amines is 1. The minimum atomic E-state index is -4.95. The number of nitrogens with one attached hydrogen (secondary N) is 1. The number of benzene rings is 1. The van der Waals surface area contributed by atoms with Gasteiger partial charge in [0.2, 0.25) is 17.4 Å². The van der Waals surface area contributed by atoms with Crippen LogP contribution in [0.3, 0.4) is 0 Å². The van der Waals surface area contributed by atoms with Crippen LogP contribution in [0.25, 0.3) is 0 Å². The molecule has 1 aromatic carbocycles. The third-order valence-corrected chi connectivity index (χ3v) is 4.99. The lowest BCUT2D eigenvalue weighted by Gasteiger charge is -2.36. The van der Waals surface area contributed by atoms with Crippen LogP contribution in [0.15, 0.2) is 35.2 Å². The maximum Gasteiger partial charge on any atom is 0.439 e. The van der Waals surface area contributed by atoms with Crippen molar-refractivity contribution in [1.82, 2.24) is 10.2 Å². The molecular weight excluding hydrogens is 373 g/mol. The van der Waals surface area contributed by atoms with Gasteiger partial charge in [0.1, 0.15) is 0 Å². The Labute approximate surface area is 149 Å². The standard InChI is InChI=1S/C15H13F3N4O3S/c16-15(17,18)12-11(22(24)25)13(20-19-12)21-8-9(14(21)23)6-7-26-10-4-2-1-3-5-10/h1-5,9H,6-8H2,(H,19,20). The molecule has 1 aliphatic heterocycles. The van der Waals surface area contributed by atoms with Crippen molar-refractivity contribution in [3.63, 3.8) is 0 Å². The quantitative estimate of drug-likeness (QED) is 0.355. The first-order valence-corrected chi connectivity index (χ1v) is 8.56. The van der Waals surface area contributed by atoms with Crippen molar-refractivity contribution >= 4 is 29.2 Å².